The SMILES string of the molecule is COc1ccc(OC[C@@H](C)NC(=O)c2ccc(CN3CCC[C@@H](C)C3)cc2)cc1. The van der Waals surface area contributed by atoms with Crippen molar-refractivity contribution in [2.75, 3.05) is 26.8 Å². The highest BCUT2D eigenvalue weighted by Crippen LogP contribution is 2.19. The number of rotatable bonds is 8. The number of nitrogens with one attached hydrogen (secondary N) is 1. The maximum atomic E-state index is 12.5. The van der Waals surface area contributed by atoms with E-state index in [9.17, 15) is 4.79 Å². The summed E-state index contributed by atoms with van der Waals surface area (Å²) in [5, 5.41) is 3.00. The number of hydrogen-bond donors (Lipinski definition) is 1. The van der Waals surface area contributed by atoms with Gasteiger partial charge in [-0.1, -0.05) is 19.1 Å². The molecule has 1 fully saturated rings. The maximum Gasteiger partial charge on any atom is 0.251 e. The van der Waals surface area contributed by atoms with E-state index < -0.39 is 0 Å². The molecular weight excluding hydrogens is 364 g/mol. The van der Waals surface area contributed by atoms with Crippen LogP contribution in [0.5, 0.6) is 11.5 Å². The largest absolute Gasteiger partial charge is 0.497 e. The number of piperidine rings is 1. The maximum absolute atomic E-state index is 12.5. The number of likely N-dealkylation sites (tertiary alicyclic amines) is 1. The Hall–Kier alpha value is -2.53. The molecule has 0 spiro atoms. The molecule has 0 aliphatic carbocycles. The number of nitrogens with zero attached hydrogens (tertiary/aromatic N) is 1. The van der Waals surface area contributed by atoms with Crippen LogP contribution in [0.15, 0.2) is 48.5 Å². The number of methoxy groups -OCH3 is 1. The second-order valence-corrected chi connectivity index (χ2v) is 8.04. The molecule has 2 aromatic rings. The molecule has 0 radical (unpaired) electrons. The lowest BCUT2D eigenvalue weighted by Gasteiger charge is -2.30. The van der Waals surface area contributed by atoms with Gasteiger partial charge in [0, 0.05) is 18.7 Å². The third kappa shape index (κ3) is 6.50. The lowest BCUT2D eigenvalue weighted by atomic mass is 9.99. The molecule has 1 amide bonds. The molecule has 1 aliphatic heterocycles. The summed E-state index contributed by atoms with van der Waals surface area (Å²) in [4.78, 5) is 15.0. The third-order valence-corrected chi connectivity index (χ3v) is 5.30. The Morgan fingerprint density at radius 1 is 1.14 bits per heavy atom. The van der Waals surface area contributed by atoms with Crippen LogP contribution in [0, 0.1) is 5.92 Å². The summed E-state index contributed by atoms with van der Waals surface area (Å²) in [6.07, 6.45) is 2.61. The van der Waals surface area contributed by atoms with Crippen molar-refractivity contribution in [3.05, 3.63) is 59.7 Å². The van der Waals surface area contributed by atoms with E-state index in [0.717, 1.165) is 37.1 Å². The summed E-state index contributed by atoms with van der Waals surface area (Å²) in [6.45, 7) is 7.94. The molecule has 0 unspecified atom stereocenters. The standard InChI is InChI=1S/C24H32N2O3/c1-18-5-4-14-26(15-18)16-20-6-8-21(9-7-20)24(27)25-19(2)17-29-23-12-10-22(28-3)11-13-23/h6-13,18-19H,4-5,14-17H2,1-3H3,(H,25,27)/t18-,19-/m1/s1. The predicted molar refractivity (Wildman–Crippen MR) is 116 cm³/mol. The van der Waals surface area contributed by atoms with E-state index in [1.54, 1.807) is 7.11 Å². The molecule has 1 saturated heterocycles. The molecule has 5 heteroatoms. The van der Waals surface area contributed by atoms with Crippen LogP contribution in [0.4, 0.5) is 0 Å². The molecule has 1 N–H and O–H groups in total. The first-order valence-corrected chi connectivity index (χ1v) is 10.4. The summed E-state index contributed by atoms with van der Waals surface area (Å²) in [5.74, 6) is 2.24. The van der Waals surface area contributed by atoms with Crippen molar-refractivity contribution in [2.24, 2.45) is 5.92 Å². The van der Waals surface area contributed by atoms with Gasteiger partial charge in [0.15, 0.2) is 0 Å². The zero-order valence-corrected chi connectivity index (χ0v) is 17.7. The lowest BCUT2D eigenvalue weighted by Crippen LogP contribution is -2.36. The van der Waals surface area contributed by atoms with Gasteiger partial charge in [-0.3, -0.25) is 9.69 Å². The number of hydrogen-bond acceptors (Lipinski definition) is 4. The zero-order valence-electron chi connectivity index (χ0n) is 17.7. The monoisotopic (exact) mass is 396 g/mol. The Morgan fingerprint density at radius 2 is 1.83 bits per heavy atom. The van der Waals surface area contributed by atoms with Gasteiger partial charge in [-0.05, 0) is 74.2 Å². The quantitative estimate of drug-likeness (QED) is 0.729. The lowest BCUT2D eigenvalue weighted by molar-refractivity contribution is 0.0926. The van der Waals surface area contributed by atoms with Gasteiger partial charge in [-0.15, -0.1) is 0 Å². The topological polar surface area (TPSA) is 50.8 Å². The van der Waals surface area contributed by atoms with Gasteiger partial charge in [-0.2, -0.15) is 0 Å². The van der Waals surface area contributed by atoms with Crippen LogP contribution in [-0.2, 0) is 6.54 Å². The fourth-order valence-electron chi connectivity index (χ4n) is 3.69. The molecule has 2 aromatic carbocycles. The minimum Gasteiger partial charge on any atom is -0.497 e. The number of carbonyl (C=O) groups excluding carboxylic acids is 1. The first kappa shape index (κ1) is 21.2. The highest BCUT2D eigenvalue weighted by Gasteiger charge is 2.16. The van der Waals surface area contributed by atoms with E-state index in [1.807, 2.05) is 43.3 Å². The minimum absolute atomic E-state index is 0.0750. The molecule has 2 atom stereocenters. The Balaban J connectivity index is 1.45. The van der Waals surface area contributed by atoms with Crippen LogP contribution < -0.4 is 14.8 Å². The summed E-state index contributed by atoms with van der Waals surface area (Å²) in [7, 11) is 1.63. The smallest absolute Gasteiger partial charge is 0.251 e. The van der Waals surface area contributed by atoms with Gasteiger partial charge in [0.25, 0.3) is 5.91 Å². The van der Waals surface area contributed by atoms with Crippen molar-refractivity contribution < 1.29 is 14.3 Å². The molecular formula is C24H32N2O3. The van der Waals surface area contributed by atoms with Crippen molar-refractivity contribution >= 4 is 5.91 Å². The highest BCUT2D eigenvalue weighted by atomic mass is 16.5. The van der Waals surface area contributed by atoms with E-state index in [-0.39, 0.29) is 11.9 Å². The summed E-state index contributed by atoms with van der Waals surface area (Å²) in [6, 6.07) is 15.3. The van der Waals surface area contributed by atoms with Gasteiger partial charge in [-0.25, -0.2) is 0 Å². The van der Waals surface area contributed by atoms with Crippen LogP contribution in [0.2, 0.25) is 0 Å². The van der Waals surface area contributed by atoms with Gasteiger partial charge in [0.1, 0.15) is 18.1 Å². The average molecular weight is 397 g/mol. The fraction of sp³-hybridized carbons (Fsp3) is 0.458. The molecule has 156 valence electrons. The summed E-state index contributed by atoms with van der Waals surface area (Å²) < 4.78 is 10.9. The molecule has 5 nitrogen and oxygen atoms in total. The number of benzene rings is 2. The highest BCUT2D eigenvalue weighted by molar-refractivity contribution is 5.94. The van der Waals surface area contributed by atoms with Gasteiger partial charge in [0.05, 0.1) is 13.2 Å². The van der Waals surface area contributed by atoms with E-state index >= 15 is 0 Å². The van der Waals surface area contributed by atoms with Gasteiger partial charge in [0.2, 0.25) is 0 Å². The number of ether oxygens (including phenoxy) is 2. The van der Waals surface area contributed by atoms with Crippen molar-refractivity contribution in [2.45, 2.75) is 39.3 Å². The van der Waals surface area contributed by atoms with Gasteiger partial charge < -0.3 is 14.8 Å². The minimum atomic E-state index is -0.0980. The first-order valence-electron chi connectivity index (χ1n) is 10.4. The molecule has 29 heavy (non-hydrogen) atoms. The van der Waals surface area contributed by atoms with E-state index in [0.29, 0.717) is 12.2 Å². The average Bonchev–Trinajstić information content (AvgIpc) is 2.73. The fourth-order valence-corrected chi connectivity index (χ4v) is 3.69. The van der Waals surface area contributed by atoms with Crippen molar-refractivity contribution in [1.29, 1.82) is 0 Å². The zero-order chi connectivity index (χ0) is 20.6. The van der Waals surface area contributed by atoms with Crippen molar-refractivity contribution in [1.82, 2.24) is 10.2 Å². The van der Waals surface area contributed by atoms with Gasteiger partial charge >= 0.3 is 0 Å². The number of carbonyl (C=O) groups is 1. The second-order valence-electron chi connectivity index (χ2n) is 8.04. The molecule has 0 saturated carbocycles. The third-order valence-electron chi connectivity index (χ3n) is 5.30. The Kier molecular flexibility index (Phi) is 7.53. The number of amides is 1. The Morgan fingerprint density at radius 3 is 2.48 bits per heavy atom. The Labute approximate surface area is 174 Å². The molecule has 1 heterocycles. The van der Waals surface area contributed by atoms with Crippen LogP contribution >= 0.6 is 0 Å². The van der Waals surface area contributed by atoms with Crippen LogP contribution in [-0.4, -0.2) is 43.7 Å². The summed E-state index contributed by atoms with van der Waals surface area (Å²) >= 11 is 0. The van der Waals surface area contributed by atoms with E-state index in [2.05, 4.69) is 29.3 Å². The first-order chi connectivity index (χ1) is 14.0. The van der Waals surface area contributed by atoms with Crippen LogP contribution in [0.1, 0.15) is 42.6 Å². The van der Waals surface area contributed by atoms with Crippen LogP contribution in [0.3, 0.4) is 0 Å². The van der Waals surface area contributed by atoms with Crippen LogP contribution in [0.25, 0.3) is 0 Å². The molecule has 0 bridgehead atoms. The Bertz CT molecular complexity index is 774. The molecule has 0 aromatic heterocycles. The second kappa shape index (κ2) is 10.3. The summed E-state index contributed by atoms with van der Waals surface area (Å²) in [5.41, 5.74) is 1.93. The van der Waals surface area contributed by atoms with Crippen molar-refractivity contribution in [3.8, 4) is 11.5 Å². The molecule has 3 rings (SSSR count). The van der Waals surface area contributed by atoms with Crippen molar-refractivity contribution in [3.63, 3.8) is 0 Å². The normalized spacial score (nSPS) is 18.1. The van der Waals surface area contributed by atoms with E-state index in [4.69, 9.17) is 9.47 Å². The molecule has 1 aliphatic rings. The predicted octanol–water partition coefficient (Wildman–Crippen LogP) is 4.12. The van der Waals surface area contributed by atoms with E-state index in [1.165, 1.54) is 18.4 Å².